The Hall–Kier alpha value is -2.91. The number of amides is 4. The van der Waals surface area contributed by atoms with Crippen molar-refractivity contribution < 1.29 is 28.4 Å². The van der Waals surface area contributed by atoms with Gasteiger partial charge in [0.05, 0.1) is 5.69 Å². The Labute approximate surface area is 149 Å². The molecule has 1 aliphatic heterocycles. The van der Waals surface area contributed by atoms with Gasteiger partial charge in [-0.25, -0.2) is 9.59 Å². The van der Waals surface area contributed by atoms with Crippen molar-refractivity contribution in [1.29, 1.82) is 0 Å². The van der Waals surface area contributed by atoms with E-state index in [0.717, 1.165) is 19.3 Å². The highest BCUT2D eigenvalue weighted by molar-refractivity contribution is 6.08. The number of hydrogen-bond acceptors (Lipinski definition) is 7. The number of imide groups is 1. The summed E-state index contributed by atoms with van der Waals surface area (Å²) in [5.41, 5.74) is 1.76. The predicted octanol–water partition coefficient (Wildman–Crippen LogP) is 0.734. The summed E-state index contributed by atoms with van der Waals surface area (Å²) in [6, 6.07) is -0.678. The first-order valence-corrected chi connectivity index (χ1v) is 8.40. The van der Waals surface area contributed by atoms with Crippen molar-refractivity contribution in [3.05, 3.63) is 17.0 Å². The van der Waals surface area contributed by atoms with Crippen LogP contribution in [0, 0.1) is 13.8 Å². The minimum Gasteiger partial charge on any atom is -0.452 e. The van der Waals surface area contributed by atoms with E-state index in [-0.39, 0.29) is 11.3 Å². The average molecular weight is 364 g/mol. The van der Waals surface area contributed by atoms with Crippen LogP contribution in [0.25, 0.3) is 0 Å². The topological polar surface area (TPSA) is 131 Å². The van der Waals surface area contributed by atoms with Crippen LogP contribution in [0.3, 0.4) is 0 Å². The molecule has 2 N–H and O–H groups in total. The number of hydrogen-bond donors (Lipinski definition) is 2. The standard InChI is InChI=1S/C16H20N4O6/c1-9-12(10(2)26-19-9)13(22)25-8-11(21)18-20-14(23)16(17-15(20)24)6-4-3-5-7-16/h3-8H2,1-2H3,(H,17,24)(H,18,21). The van der Waals surface area contributed by atoms with Gasteiger partial charge in [-0.3, -0.25) is 15.0 Å². The van der Waals surface area contributed by atoms with E-state index in [1.165, 1.54) is 0 Å². The summed E-state index contributed by atoms with van der Waals surface area (Å²) in [7, 11) is 0. The Morgan fingerprint density at radius 1 is 1.27 bits per heavy atom. The van der Waals surface area contributed by atoms with Crippen LogP contribution in [0.1, 0.15) is 53.9 Å². The van der Waals surface area contributed by atoms with Gasteiger partial charge in [-0.2, -0.15) is 5.01 Å². The maximum atomic E-state index is 12.5. The molecule has 0 bridgehead atoms. The molecule has 0 atom stereocenters. The van der Waals surface area contributed by atoms with Gasteiger partial charge in [-0.05, 0) is 26.7 Å². The second-order valence-electron chi connectivity index (χ2n) is 6.52. The molecule has 10 nitrogen and oxygen atoms in total. The van der Waals surface area contributed by atoms with Gasteiger partial charge in [0.1, 0.15) is 16.9 Å². The minimum absolute atomic E-state index is 0.147. The molecule has 1 saturated carbocycles. The molecule has 1 aromatic rings. The summed E-state index contributed by atoms with van der Waals surface area (Å²) in [6.45, 7) is 2.48. The van der Waals surface area contributed by atoms with E-state index >= 15 is 0 Å². The van der Waals surface area contributed by atoms with Crippen LogP contribution in [0.2, 0.25) is 0 Å². The molecular weight excluding hydrogens is 344 g/mol. The fraction of sp³-hybridized carbons (Fsp3) is 0.562. The molecule has 2 fully saturated rings. The Balaban J connectivity index is 1.57. The Kier molecular flexibility index (Phi) is 4.66. The summed E-state index contributed by atoms with van der Waals surface area (Å²) >= 11 is 0. The number of carbonyl (C=O) groups excluding carboxylic acids is 4. The second kappa shape index (κ2) is 6.77. The van der Waals surface area contributed by atoms with E-state index in [9.17, 15) is 19.2 Å². The van der Waals surface area contributed by atoms with Gasteiger partial charge >= 0.3 is 12.0 Å². The maximum absolute atomic E-state index is 12.5. The molecule has 2 heterocycles. The first-order valence-electron chi connectivity index (χ1n) is 8.40. The van der Waals surface area contributed by atoms with Gasteiger partial charge in [0.15, 0.2) is 6.61 Å². The van der Waals surface area contributed by atoms with Crippen molar-refractivity contribution in [2.75, 3.05) is 6.61 Å². The first-order chi connectivity index (χ1) is 12.3. The first kappa shape index (κ1) is 17.9. The molecule has 0 radical (unpaired) electrons. The molecule has 26 heavy (non-hydrogen) atoms. The zero-order valence-corrected chi connectivity index (χ0v) is 14.6. The molecule has 0 unspecified atom stereocenters. The Morgan fingerprint density at radius 3 is 2.58 bits per heavy atom. The average Bonchev–Trinajstić information content (AvgIpc) is 3.05. The highest BCUT2D eigenvalue weighted by Gasteiger charge is 2.52. The largest absolute Gasteiger partial charge is 0.452 e. The number of rotatable bonds is 4. The molecular formula is C16H20N4O6. The third-order valence-corrected chi connectivity index (χ3v) is 4.68. The van der Waals surface area contributed by atoms with Crippen molar-refractivity contribution in [1.82, 2.24) is 20.9 Å². The lowest BCUT2D eigenvalue weighted by molar-refractivity contribution is -0.140. The van der Waals surface area contributed by atoms with Gasteiger partial charge in [0.25, 0.3) is 11.8 Å². The van der Waals surface area contributed by atoms with Crippen molar-refractivity contribution in [2.24, 2.45) is 0 Å². The number of aryl methyl sites for hydroxylation is 2. The van der Waals surface area contributed by atoms with E-state index in [4.69, 9.17) is 9.26 Å². The number of ether oxygens (including phenoxy) is 1. The number of nitrogens with one attached hydrogen (secondary N) is 2. The zero-order valence-electron chi connectivity index (χ0n) is 14.6. The molecule has 10 heteroatoms. The van der Waals surface area contributed by atoms with Crippen molar-refractivity contribution in [2.45, 2.75) is 51.5 Å². The zero-order chi connectivity index (χ0) is 18.9. The van der Waals surface area contributed by atoms with Crippen molar-refractivity contribution >= 4 is 23.8 Å². The third-order valence-electron chi connectivity index (χ3n) is 4.68. The van der Waals surface area contributed by atoms with Crippen molar-refractivity contribution in [3.63, 3.8) is 0 Å². The monoisotopic (exact) mass is 364 g/mol. The van der Waals surface area contributed by atoms with Gasteiger partial charge in [-0.15, -0.1) is 0 Å². The maximum Gasteiger partial charge on any atom is 0.344 e. The molecule has 3 rings (SSSR count). The summed E-state index contributed by atoms with van der Waals surface area (Å²) in [6.07, 6.45) is 3.77. The van der Waals surface area contributed by atoms with Gasteiger partial charge < -0.3 is 14.6 Å². The molecule has 4 amide bonds. The van der Waals surface area contributed by atoms with Crippen LogP contribution in [0.4, 0.5) is 4.79 Å². The highest BCUT2D eigenvalue weighted by Crippen LogP contribution is 2.32. The summed E-state index contributed by atoms with van der Waals surface area (Å²) in [5, 5.41) is 6.97. The SMILES string of the molecule is Cc1noc(C)c1C(=O)OCC(=O)NN1C(=O)NC2(CCCCC2)C1=O. The van der Waals surface area contributed by atoms with E-state index in [1.54, 1.807) is 13.8 Å². The summed E-state index contributed by atoms with van der Waals surface area (Å²) in [4.78, 5) is 48.6. The lowest BCUT2D eigenvalue weighted by Crippen LogP contribution is -2.51. The van der Waals surface area contributed by atoms with E-state index in [0.29, 0.717) is 23.5 Å². The fourth-order valence-electron chi connectivity index (χ4n) is 3.35. The number of aromatic nitrogens is 1. The van der Waals surface area contributed by atoms with Crippen LogP contribution in [0.15, 0.2) is 4.52 Å². The molecule has 1 saturated heterocycles. The molecule has 0 aromatic carbocycles. The molecule has 2 aliphatic rings. The van der Waals surface area contributed by atoms with E-state index < -0.39 is 36.0 Å². The number of urea groups is 1. The van der Waals surface area contributed by atoms with Crippen LogP contribution >= 0.6 is 0 Å². The Bertz CT molecular complexity index is 745. The molecule has 1 aliphatic carbocycles. The van der Waals surface area contributed by atoms with Crippen LogP contribution in [0.5, 0.6) is 0 Å². The summed E-state index contributed by atoms with van der Waals surface area (Å²) in [5.74, 6) is -1.76. The number of esters is 1. The minimum atomic E-state index is -0.935. The van der Waals surface area contributed by atoms with Gasteiger partial charge in [0.2, 0.25) is 0 Å². The van der Waals surface area contributed by atoms with Crippen molar-refractivity contribution in [3.8, 4) is 0 Å². The van der Waals surface area contributed by atoms with Crippen LogP contribution in [-0.4, -0.2) is 46.1 Å². The highest BCUT2D eigenvalue weighted by atomic mass is 16.5. The number of carbonyl (C=O) groups is 4. The fourth-order valence-corrected chi connectivity index (χ4v) is 3.35. The lowest BCUT2D eigenvalue weighted by atomic mass is 9.82. The quantitative estimate of drug-likeness (QED) is 0.595. The second-order valence-corrected chi connectivity index (χ2v) is 6.52. The summed E-state index contributed by atoms with van der Waals surface area (Å²) < 4.78 is 9.77. The van der Waals surface area contributed by atoms with Crippen LogP contribution < -0.4 is 10.7 Å². The number of nitrogens with zero attached hydrogens (tertiary/aromatic N) is 2. The van der Waals surface area contributed by atoms with Gasteiger partial charge in [0, 0.05) is 0 Å². The molecule has 1 spiro atoms. The predicted molar refractivity (Wildman–Crippen MR) is 85.6 cm³/mol. The molecule has 140 valence electrons. The van der Waals surface area contributed by atoms with E-state index in [2.05, 4.69) is 15.9 Å². The third kappa shape index (κ3) is 3.14. The Morgan fingerprint density at radius 2 is 1.96 bits per heavy atom. The normalized spacial score (nSPS) is 18.8. The van der Waals surface area contributed by atoms with E-state index in [1.807, 2.05) is 0 Å². The smallest absolute Gasteiger partial charge is 0.344 e. The lowest BCUT2D eigenvalue weighted by Gasteiger charge is -2.30. The number of hydrazine groups is 1. The van der Waals surface area contributed by atoms with Gasteiger partial charge in [-0.1, -0.05) is 24.4 Å². The molecule has 1 aromatic heterocycles. The van der Waals surface area contributed by atoms with Crippen LogP contribution in [-0.2, 0) is 14.3 Å².